The molecule has 0 aromatic heterocycles. The number of likely N-dealkylation sites (tertiary alicyclic amines) is 1. The van der Waals surface area contributed by atoms with Crippen LogP contribution in [0.15, 0.2) is 0 Å². The van der Waals surface area contributed by atoms with E-state index in [0.717, 1.165) is 24.5 Å². The van der Waals surface area contributed by atoms with E-state index >= 15 is 0 Å². The average Bonchev–Trinajstić information content (AvgIpc) is 2.93. The van der Waals surface area contributed by atoms with Crippen LogP contribution in [0, 0.1) is 11.3 Å². The molecule has 1 heterocycles. The Morgan fingerprint density at radius 3 is 2.67 bits per heavy atom. The number of piperidine rings is 1. The van der Waals surface area contributed by atoms with E-state index in [-0.39, 0.29) is 0 Å². The van der Waals surface area contributed by atoms with Gasteiger partial charge in [-0.3, -0.25) is 4.90 Å². The number of nitrogens with one attached hydrogen (secondary N) is 1. The third kappa shape index (κ3) is 2.12. The second-order valence-electron chi connectivity index (χ2n) is 7.51. The molecule has 2 heteroatoms. The molecule has 2 bridgehead atoms. The molecule has 4 atom stereocenters. The normalized spacial score (nSPS) is 43.5. The van der Waals surface area contributed by atoms with Crippen LogP contribution < -0.4 is 5.32 Å². The lowest BCUT2D eigenvalue weighted by molar-refractivity contribution is 0.0315. The molecule has 0 spiro atoms. The smallest absolute Gasteiger partial charge is 0.0274 e. The zero-order valence-corrected chi connectivity index (χ0v) is 12.4. The van der Waals surface area contributed by atoms with E-state index in [9.17, 15) is 0 Å². The molecule has 1 N–H and O–H groups in total. The molecule has 2 nitrogen and oxygen atoms in total. The largest absolute Gasteiger partial charge is 0.312 e. The standard InChI is InChI=1S/C16H30N2/c1-4-17-15-14(6-5-9-16(15,2)3)18-11-12-7-8-13(18)10-12/h12-15,17H,4-11H2,1-3H3. The minimum Gasteiger partial charge on any atom is -0.312 e. The van der Waals surface area contributed by atoms with Crippen LogP contribution in [0.25, 0.3) is 0 Å². The van der Waals surface area contributed by atoms with Crippen molar-refractivity contribution in [1.82, 2.24) is 10.2 Å². The molecule has 3 aliphatic rings. The van der Waals surface area contributed by atoms with Gasteiger partial charge in [0.2, 0.25) is 0 Å². The summed E-state index contributed by atoms with van der Waals surface area (Å²) < 4.78 is 0. The zero-order chi connectivity index (χ0) is 12.8. The fourth-order valence-electron chi connectivity index (χ4n) is 4.97. The van der Waals surface area contributed by atoms with Crippen molar-refractivity contribution in [2.45, 2.75) is 77.4 Å². The summed E-state index contributed by atoms with van der Waals surface area (Å²) in [6.07, 6.45) is 8.71. The number of hydrogen-bond donors (Lipinski definition) is 1. The highest BCUT2D eigenvalue weighted by molar-refractivity contribution is 5.03. The number of hydrogen-bond acceptors (Lipinski definition) is 2. The van der Waals surface area contributed by atoms with Gasteiger partial charge < -0.3 is 5.32 Å². The predicted octanol–water partition coefficient (Wildman–Crippen LogP) is 3.03. The molecule has 2 saturated carbocycles. The third-order valence-corrected chi connectivity index (χ3v) is 5.85. The maximum Gasteiger partial charge on any atom is 0.0274 e. The summed E-state index contributed by atoms with van der Waals surface area (Å²) in [6, 6.07) is 2.44. The Morgan fingerprint density at radius 2 is 2.06 bits per heavy atom. The highest BCUT2D eigenvalue weighted by Crippen LogP contribution is 2.44. The Hall–Kier alpha value is -0.0800. The molecular weight excluding hydrogens is 220 g/mol. The quantitative estimate of drug-likeness (QED) is 0.828. The molecule has 2 aliphatic carbocycles. The summed E-state index contributed by atoms with van der Waals surface area (Å²) in [4.78, 5) is 2.89. The summed E-state index contributed by atoms with van der Waals surface area (Å²) in [6.45, 7) is 9.72. The van der Waals surface area contributed by atoms with Crippen LogP contribution >= 0.6 is 0 Å². The Kier molecular flexibility index (Phi) is 3.44. The topological polar surface area (TPSA) is 15.3 Å². The van der Waals surface area contributed by atoms with Gasteiger partial charge in [-0.25, -0.2) is 0 Å². The monoisotopic (exact) mass is 250 g/mol. The van der Waals surface area contributed by atoms with Gasteiger partial charge in [-0.1, -0.05) is 27.2 Å². The van der Waals surface area contributed by atoms with Crippen LogP contribution in [-0.4, -0.2) is 36.1 Å². The van der Waals surface area contributed by atoms with Crippen molar-refractivity contribution in [3.63, 3.8) is 0 Å². The minimum absolute atomic E-state index is 0.473. The highest BCUT2D eigenvalue weighted by atomic mass is 15.3. The molecule has 0 amide bonds. The maximum absolute atomic E-state index is 3.82. The van der Waals surface area contributed by atoms with Crippen molar-refractivity contribution in [1.29, 1.82) is 0 Å². The minimum atomic E-state index is 0.473. The summed E-state index contributed by atoms with van der Waals surface area (Å²) in [5.41, 5.74) is 0.473. The van der Waals surface area contributed by atoms with Crippen LogP contribution in [0.1, 0.15) is 59.3 Å². The first kappa shape index (κ1) is 12.9. The number of fused-ring (bicyclic) bond motifs is 2. The molecule has 4 unspecified atom stereocenters. The van der Waals surface area contributed by atoms with Crippen LogP contribution in [0.4, 0.5) is 0 Å². The molecule has 104 valence electrons. The van der Waals surface area contributed by atoms with E-state index in [4.69, 9.17) is 0 Å². The van der Waals surface area contributed by atoms with Crippen LogP contribution in [0.3, 0.4) is 0 Å². The van der Waals surface area contributed by atoms with Crippen molar-refractivity contribution in [3.05, 3.63) is 0 Å². The summed E-state index contributed by atoms with van der Waals surface area (Å²) in [5, 5.41) is 3.82. The molecule has 0 aromatic carbocycles. The van der Waals surface area contributed by atoms with Crippen molar-refractivity contribution in [2.24, 2.45) is 11.3 Å². The van der Waals surface area contributed by atoms with E-state index in [1.54, 1.807) is 0 Å². The molecule has 1 saturated heterocycles. The SMILES string of the molecule is CCNC1C(N2CC3CCC2C3)CCCC1(C)C. The van der Waals surface area contributed by atoms with Gasteiger partial charge in [0, 0.05) is 24.7 Å². The van der Waals surface area contributed by atoms with Crippen LogP contribution in [0.5, 0.6) is 0 Å². The van der Waals surface area contributed by atoms with E-state index in [0.29, 0.717) is 11.5 Å². The molecule has 1 aliphatic heterocycles. The van der Waals surface area contributed by atoms with Gasteiger partial charge in [0.1, 0.15) is 0 Å². The van der Waals surface area contributed by atoms with Gasteiger partial charge in [-0.05, 0) is 50.0 Å². The van der Waals surface area contributed by atoms with E-state index < -0.39 is 0 Å². The van der Waals surface area contributed by atoms with Gasteiger partial charge >= 0.3 is 0 Å². The molecule has 3 fully saturated rings. The second kappa shape index (κ2) is 4.79. The summed E-state index contributed by atoms with van der Waals surface area (Å²) in [7, 11) is 0. The molecule has 18 heavy (non-hydrogen) atoms. The fraction of sp³-hybridized carbons (Fsp3) is 1.00. The Balaban J connectivity index is 1.76. The predicted molar refractivity (Wildman–Crippen MR) is 76.7 cm³/mol. The van der Waals surface area contributed by atoms with Crippen LogP contribution in [-0.2, 0) is 0 Å². The maximum atomic E-state index is 3.82. The number of nitrogens with zero attached hydrogens (tertiary/aromatic N) is 1. The van der Waals surface area contributed by atoms with E-state index in [1.807, 2.05) is 0 Å². The zero-order valence-electron chi connectivity index (χ0n) is 12.4. The first-order chi connectivity index (χ1) is 8.62. The van der Waals surface area contributed by atoms with Gasteiger partial charge in [-0.2, -0.15) is 0 Å². The van der Waals surface area contributed by atoms with Gasteiger partial charge in [0.05, 0.1) is 0 Å². The van der Waals surface area contributed by atoms with E-state index in [2.05, 4.69) is 31.0 Å². The first-order valence-electron chi connectivity index (χ1n) is 8.11. The summed E-state index contributed by atoms with van der Waals surface area (Å²) in [5.74, 6) is 1.03. The first-order valence-corrected chi connectivity index (χ1v) is 8.11. The third-order valence-electron chi connectivity index (χ3n) is 5.85. The van der Waals surface area contributed by atoms with Crippen molar-refractivity contribution < 1.29 is 0 Å². The number of likely N-dealkylation sites (N-methyl/N-ethyl adjacent to an activating group) is 1. The Morgan fingerprint density at radius 1 is 1.22 bits per heavy atom. The Bertz CT molecular complexity index is 299. The molecule has 3 rings (SSSR count). The highest BCUT2D eigenvalue weighted by Gasteiger charge is 2.47. The van der Waals surface area contributed by atoms with Crippen LogP contribution in [0.2, 0.25) is 0 Å². The molecule has 0 aromatic rings. The van der Waals surface area contributed by atoms with Crippen molar-refractivity contribution >= 4 is 0 Å². The fourth-order valence-corrected chi connectivity index (χ4v) is 4.97. The summed E-state index contributed by atoms with van der Waals surface area (Å²) >= 11 is 0. The lowest BCUT2D eigenvalue weighted by Gasteiger charge is -2.50. The lowest BCUT2D eigenvalue weighted by atomic mass is 9.70. The average molecular weight is 250 g/mol. The van der Waals surface area contributed by atoms with Crippen molar-refractivity contribution in [3.8, 4) is 0 Å². The molecule has 0 radical (unpaired) electrons. The van der Waals surface area contributed by atoms with E-state index in [1.165, 1.54) is 45.1 Å². The van der Waals surface area contributed by atoms with Gasteiger partial charge in [0.15, 0.2) is 0 Å². The van der Waals surface area contributed by atoms with Gasteiger partial charge in [-0.15, -0.1) is 0 Å². The Labute approximate surface area is 113 Å². The lowest BCUT2D eigenvalue weighted by Crippen LogP contribution is -2.60. The second-order valence-corrected chi connectivity index (χ2v) is 7.51. The molecular formula is C16H30N2. The number of rotatable bonds is 3. The van der Waals surface area contributed by atoms with Gasteiger partial charge in [0.25, 0.3) is 0 Å². The van der Waals surface area contributed by atoms with Crippen molar-refractivity contribution in [2.75, 3.05) is 13.1 Å².